The monoisotopic (exact) mass is 503 g/mol. The molecular weight excluding hydrogens is 469 g/mol. The van der Waals surface area contributed by atoms with Gasteiger partial charge in [0.1, 0.15) is 11.6 Å². The summed E-state index contributed by atoms with van der Waals surface area (Å²) in [5, 5.41) is 25.8. The smallest absolute Gasteiger partial charge is 0.329 e. The molecule has 196 valence electrons. The number of hydrogen-bond donors (Lipinski definition) is 3. The SMILES string of the molecule is C[C@H]1C[C@H]2[C@@H]3CCC4=CC(=O)C=C[C@]4(C)[C@@]3(F)[C@@H](O)C[C@]2(C)[C@@]1(O)C(=O)COC(=O)[C@@H]1CCC(=O)N1. The number of halogens is 1. The van der Waals surface area contributed by atoms with Crippen molar-refractivity contribution in [1.82, 2.24) is 5.32 Å². The third-order valence-electron chi connectivity index (χ3n) is 10.3. The summed E-state index contributed by atoms with van der Waals surface area (Å²) < 4.78 is 22.4. The van der Waals surface area contributed by atoms with Gasteiger partial charge in [0.25, 0.3) is 0 Å². The van der Waals surface area contributed by atoms with E-state index in [0.717, 1.165) is 0 Å². The van der Waals surface area contributed by atoms with Gasteiger partial charge >= 0.3 is 5.97 Å². The number of allylic oxidation sites excluding steroid dienone is 4. The number of aliphatic hydroxyl groups is 2. The van der Waals surface area contributed by atoms with Crippen LogP contribution >= 0.6 is 0 Å². The summed E-state index contributed by atoms with van der Waals surface area (Å²) in [6, 6.07) is -0.811. The Labute approximate surface area is 209 Å². The minimum Gasteiger partial charge on any atom is -0.456 e. The Morgan fingerprint density at radius 2 is 1.92 bits per heavy atom. The van der Waals surface area contributed by atoms with Crippen LogP contribution in [0, 0.1) is 28.6 Å². The van der Waals surface area contributed by atoms with E-state index in [1.807, 2.05) is 0 Å². The molecule has 9 heteroatoms. The van der Waals surface area contributed by atoms with Crippen molar-refractivity contribution in [2.45, 2.75) is 82.7 Å². The Balaban J connectivity index is 1.42. The molecule has 0 aromatic heterocycles. The first-order valence-corrected chi connectivity index (χ1v) is 12.8. The third-order valence-corrected chi connectivity index (χ3v) is 10.3. The number of ether oxygens (including phenoxy) is 1. The molecule has 0 unspecified atom stereocenters. The molecule has 3 saturated carbocycles. The molecule has 36 heavy (non-hydrogen) atoms. The lowest BCUT2D eigenvalue weighted by molar-refractivity contribution is -0.220. The maximum atomic E-state index is 17.2. The van der Waals surface area contributed by atoms with Crippen molar-refractivity contribution in [3.8, 4) is 0 Å². The first kappa shape index (κ1) is 25.3. The minimum atomic E-state index is -2.06. The third kappa shape index (κ3) is 3.11. The zero-order valence-corrected chi connectivity index (χ0v) is 20.9. The van der Waals surface area contributed by atoms with Gasteiger partial charge in [-0.05, 0) is 63.0 Å². The second-order valence-corrected chi connectivity index (χ2v) is 11.9. The first-order chi connectivity index (χ1) is 16.8. The van der Waals surface area contributed by atoms with Crippen LogP contribution in [-0.2, 0) is 23.9 Å². The second kappa shape index (κ2) is 8.05. The summed E-state index contributed by atoms with van der Waals surface area (Å²) in [5.41, 5.74) is -5.60. The first-order valence-electron chi connectivity index (χ1n) is 12.8. The summed E-state index contributed by atoms with van der Waals surface area (Å²) in [5.74, 6) is -3.44. The van der Waals surface area contributed by atoms with Gasteiger partial charge in [-0.15, -0.1) is 0 Å². The van der Waals surface area contributed by atoms with Crippen LogP contribution in [0.3, 0.4) is 0 Å². The number of esters is 1. The van der Waals surface area contributed by atoms with E-state index < -0.39 is 70.4 Å². The van der Waals surface area contributed by atoms with Gasteiger partial charge in [-0.1, -0.05) is 25.5 Å². The largest absolute Gasteiger partial charge is 0.456 e. The molecule has 0 bridgehead atoms. The number of nitrogens with one attached hydrogen (secondary N) is 1. The quantitative estimate of drug-likeness (QED) is 0.498. The van der Waals surface area contributed by atoms with Crippen molar-refractivity contribution in [2.24, 2.45) is 28.6 Å². The molecule has 9 atom stereocenters. The Hall–Kier alpha value is -2.39. The van der Waals surface area contributed by atoms with Crippen molar-refractivity contribution in [1.29, 1.82) is 0 Å². The van der Waals surface area contributed by atoms with Crippen LogP contribution in [0.4, 0.5) is 4.39 Å². The minimum absolute atomic E-state index is 0.144. The summed E-state index contributed by atoms with van der Waals surface area (Å²) in [4.78, 5) is 49.2. The molecule has 5 aliphatic rings. The molecule has 3 N–H and O–H groups in total. The Morgan fingerprint density at radius 1 is 1.19 bits per heavy atom. The molecule has 1 heterocycles. The number of carbonyl (C=O) groups excluding carboxylic acids is 4. The van der Waals surface area contributed by atoms with E-state index in [9.17, 15) is 29.4 Å². The highest BCUT2D eigenvalue weighted by atomic mass is 19.1. The van der Waals surface area contributed by atoms with Gasteiger partial charge < -0.3 is 20.3 Å². The topological polar surface area (TPSA) is 130 Å². The lowest BCUT2D eigenvalue weighted by atomic mass is 9.44. The van der Waals surface area contributed by atoms with Crippen LogP contribution in [0.15, 0.2) is 23.8 Å². The van der Waals surface area contributed by atoms with Crippen LogP contribution in [-0.4, -0.2) is 63.7 Å². The average molecular weight is 504 g/mol. The molecule has 1 saturated heterocycles. The normalized spacial score (nSPS) is 47.4. The number of carbonyl (C=O) groups is 4. The van der Waals surface area contributed by atoms with Gasteiger partial charge in [-0.25, -0.2) is 9.18 Å². The number of ketones is 2. The second-order valence-electron chi connectivity index (χ2n) is 11.9. The molecule has 8 nitrogen and oxygen atoms in total. The number of Topliss-reactive ketones (excluding diaryl/α,β-unsaturated/α-hetero) is 1. The highest BCUT2D eigenvalue weighted by Crippen LogP contribution is 2.70. The van der Waals surface area contributed by atoms with Crippen LogP contribution in [0.2, 0.25) is 0 Å². The van der Waals surface area contributed by atoms with Crippen molar-refractivity contribution >= 4 is 23.4 Å². The van der Waals surface area contributed by atoms with E-state index in [-0.39, 0.29) is 31.0 Å². The van der Waals surface area contributed by atoms with Crippen molar-refractivity contribution in [3.05, 3.63) is 23.8 Å². The van der Waals surface area contributed by atoms with E-state index in [1.165, 1.54) is 12.2 Å². The lowest BCUT2D eigenvalue weighted by Gasteiger charge is -2.62. The van der Waals surface area contributed by atoms with Gasteiger partial charge in [-0.2, -0.15) is 0 Å². The molecule has 1 amide bonds. The van der Waals surface area contributed by atoms with Gasteiger partial charge in [-0.3, -0.25) is 14.4 Å². The number of alkyl halides is 1. The molecule has 0 spiro atoms. The number of fused-ring (bicyclic) bond motifs is 5. The fourth-order valence-electron chi connectivity index (χ4n) is 8.28. The van der Waals surface area contributed by atoms with Gasteiger partial charge in [0.05, 0.1) is 6.10 Å². The van der Waals surface area contributed by atoms with Gasteiger partial charge in [0, 0.05) is 23.2 Å². The zero-order valence-electron chi connectivity index (χ0n) is 20.9. The Bertz CT molecular complexity index is 1100. The van der Waals surface area contributed by atoms with Crippen LogP contribution in [0.1, 0.15) is 59.3 Å². The fourth-order valence-corrected chi connectivity index (χ4v) is 8.28. The average Bonchev–Trinajstić information content (AvgIpc) is 3.34. The predicted molar refractivity (Wildman–Crippen MR) is 125 cm³/mol. The molecule has 0 aromatic rings. The van der Waals surface area contributed by atoms with Crippen LogP contribution < -0.4 is 5.32 Å². The Morgan fingerprint density at radius 3 is 2.58 bits per heavy atom. The van der Waals surface area contributed by atoms with Gasteiger partial charge in [0.15, 0.2) is 18.1 Å². The summed E-state index contributed by atoms with van der Waals surface area (Å²) in [6.07, 6.45) is 4.53. The standard InChI is InChI=1S/C27H34FNO7/c1-14-10-18-17-5-4-15-11-16(30)8-9-24(15,2)26(17,28)20(31)12-25(18,3)27(14,35)21(32)13-36-23(34)19-6-7-22(33)29-19/h8-9,11,14,17-20,31,35H,4-7,10,12-13H2,1-3H3,(H,29,33)/t14-,17-,18-,19-,20-,24-,25-,26-,27-/m0/s1. The van der Waals surface area contributed by atoms with Crippen molar-refractivity contribution in [3.63, 3.8) is 0 Å². The number of rotatable bonds is 4. The highest BCUT2D eigenvalue weighted by Gasteiger charge is 2.75. The van der Waals surface area contributed by atoms with Crippen molar-refractivity contribution < 1.29 is 38.5 Å². The number of aliphatic hydroxyl groups excluding tert-OH is 1. The van der Waals surface area contributed by atoms with Crippen LogP contribution in [0.25, 0.3) is 0 Å². The molecular formula is C27H34FNO7. The number of amides is 1. The molecule has 4 fully saturated rings. The Kier molecular flexibility index (Phi) is 5.65. The lowest BCUT2D eigenvalue weighted by Crippen LogP contribution is -2.69. The maximum absolute atomic E-state index is 17.2. The summed E-state index contributed by atoms with van der Waals surface area (Å²) in [6.45, 7) is 4.53. The van der Waals surface area contributed by atoms with E-state index in [2.05, 4.69) is 5.32 Å². The fraction of sp³-hybridized carbons (Fsp3) is 0.704. The zero-order chi connectivity index (χ0) is 26.3. The molecule has 0 aromatic carbocycles. The molecule has 1 aliphatic heterocycles. The number of hydrogen-bond acceptors (Lipinski definition) is 7. The van der Waals surface area contributed by atoms with E-state index >= 15 is 4.39 Å². The molecule has 5 rings (SSSR count). The predicted octanol–water partition coefficient (Wildman–Crippen LogP) is 1.73. The van der Waals surface area contributed by atoms with Gasteiger partial charge in [0.2, 0.25) is 11.7 Å². The van der Waals surface area contributed by atoms with E-state index in [1.54, 1.807) is 26.8 Å². The summed E-state index contributed by atoms with van der Waals surface area (Å²) in [7, 11) is 0. The van der Waals surface area contributed by atoms with Crippen LogP contribution in [0.5, 0.6) is 0 Å². The van der Waals surface area contributed by atoms with E-state index in [0.29, 0.717) is 24.8 Å². The van der Waals surface area contributed by atoms with E-state index in [4.69, 9.17) is 4.74 Å². The summed E-state index contributed by atoms with van der Waals surface area (Å²) >= 11 is 0. The molecule has 0 radical (unpaired) electrons. The van der Waals surface area contributed by atoms with Crippen molar-refractivity contribution in [2.75, 3.05) is 6.61 Å². The highest BCUT2D eigenvalue weighted by molar-refractivity contribution is 6.01. The molecule has 4 aliphatic carbocycles. The maximum Gasteiger partial charge on any atom is 0.329 e.